The van der Waals surface area contributed by atoms with Gasteiger partial charge in [-0.2, -0.15) is 5.10 Å². The van der Waals surface area contributed by atoms with Crippen LogP contribution in [0.2, 0.25) is 0 Å². The molecule has 1 atom stereocenters. The van der Waals surface area contributed by atoms with Gasteiger partial charge in [0.1, 0.15) is 0 Å². The van der Waals surface area contributed by atoms with E-state index in [0.29, 0.717) is 12.5 Å². The summed E-state index contributed by atoms with van der Waals surface area (Å²) < 4.78 is 2.02. The van der Waals surface area contributed by atoms with Gasteiger partial charge in [0.25, 0.3) is 5.91 Å². The Labute approximate surface area is 137 Å². The number of aryl methyl sites for hydroxylation is 4. The van der Waals surface area contributed by atoms with Gasteiger partial charge in [-0.1, -0.05) is 13.0 Å². The van der Waals surface area contributed by atoms with E-state index in [-0.39, 0.29) is 5.91 Å². The zero-order valence-corrected chi connectivity index (χ0v) is 14.2. The van der Waals surface area contributed by atoms with Crippen molar-refractivity contribution in [2.75, 3.05) is 6.54 Å². The third-order valence-corrected chi connectivity index (χ3v) is 4.56. The number of nitrogens with zero attached hydrogens (tertiary/aromatic N) is 2. The van der Waals surface area contributed by atoms with Crippen LogP contribution in [0.3, 0.4) is 0 Å². The maximum absolute atomic E-state index is 12.3. The Morgan fingerprint density at radius 2 is 2.04 bits per heavy atom. The number of benzene rings is 1. The second kappa shape index (κ2) is 6.57. The molecule has 1 heterocycles. The Kier molecular flexibility index (Phi) is 4.51. The zero-order chi connectivity index (χ0) is 16.4. The van der Waals surface area contributed by atoms with Gasteiger partial charge in [-0.3, -0.25) is 9.48 Å². The molecule has 4 heteroatoms. The van der Waals surface area contributed by atoms with Crippen LogP contribution >= 0.6 is 0 Å². The van der Waals surface area contributed by atoms with Gasteiger partial charge < -0.3 is 5.32 Å². The largest absolute Gasteiger partial charge is 0.352 e. The van der Waals surface area contributed by atoms with E-state index in [0.717, 1.165) is 30.6 Å². The highest BCUT2D eigenvalue weighted by molar-refractivity contribution is 5.94. The number of amides is 1. The molecule has 3 rings (SSSR count). The van der Waals surface area contributed by atoms with E-state index in [1.54, 1.807) is 0 Å². The van der Waals surface area contributed by atoms with Gasteiger partial charge in [0.15, 0.2) is 0 Å². The summed E-state index contributed by atoms with van der Waals surface area (Å²) in [4.78, 5) is 12.3. The summed E-state index contributed by atoms with van der Waals surface area (Å²) in [5.41, 5.74) is 5.73. The first kappa shape index (κ1) is 15.8. The Hall–Kier alpha value is -2.10. The number of fused-ring (bicyclic) bond motifs is 1. The fraction of sp³-hybridized carbons (Fsp3) is 0.474. The van der Waals surface area contributed by atoms with Crippen LogP contribution < -0.4 is 5.32 Å². The average molecular weight is 311 g/mol. The molecule has 0 aliphatic heterocycles. The number of hydrogen-bond acceptors (Lipinski definition) is 2. The molecule has 2 aromatic rings. The molecule has 122 valence electrons. The van der Waals surface area contributed by atoms with Crippen LogP contribution in [0, 0.1) is 19.8 Å². The quantitative estimate of drug-likeness (QED) is 0.922. The van der Waals surface area contributed by atoms with Crippen molar-refractivity contribution < 1.29 is 4.79 Å². The van der Waals surface area contributed by atoms with E-state index in [4.69, 9.17) is 0 Å². The third-order valence-electron chi connectivity index (χ3n) is 4.56. The van der Waals surface area contributed by atoms with Crippen molar-refractivity contribution in [3.05, 3.63) is 52.3 Å². The number of carbonyl (C=O) groups is 1. The predicted octanol–water partition coefficient (Wildman–Crippen LogP) is 3.05. The molecule has 0 fully saturated rings. The molecule has 0 radical (unpaired) electrons. The van der Waals surface area contributed by atoms with Crippen molar-refractivity contribution in [1.82, 2.24) is 15.1 Å². The Balaban J connectivity index is 1.55. The first-order chi connectivity index (χ1) is 11.0. The molecule has 1 aromatic carbocycles. The molecule has 1 aliphatic rings. The normalized spacial score (nSPS) is 14.6. The molecule has 1 aliphatic carbocycles. The molecule has 0 bridgehead atoms. The summed E-state index contributed by atoms with van der Waals surface area (Å²) in [5.74, 6) is 0.367. The highest BCUT2D eigenvalue weighted by atomic mass is 16.1. The lowest BCUT2D eigenvalue weighted by Crippen LogP contribution is -2.30. The highest BCUT2D eigenvalue weighted by Crippen LogP contribution is 2.22. The maximum atomic E-state index is 12.3. The molecule has 0 spiro atoms. The SMILES string of the molecule is Cc1cc(C)n(C[C@H](C)CNC(=O)c2ccc3c(c2)CCC3)n1. The van der Waals surface area contributed by atoms with Gasteiger partial charge in [0.2, 0.25) is 0 Å². The molecule has 1 N–H and O–H groups in total. The fourth-order valence-corrected chi connectivity index (χ4v) is 3.30. The lowest BCUT2D eigenvalue weighted by atomic mass is 10.1. The summed E-state index contributed by atoms with van der Waals surface area (Å²) in [5, 5.41) is 7.54. The zero-order valence-electron chi connectivity index (χ0n) is 14.2. The number of carbonyl (C=O) groups excluding carboxylic acids is 1. The third kappa shape index (κ3) is 3.63. The molecule has 4 nitrogen and oxygen atoms in total. The van der Waals surface area contributed by atoms with Gasteiger partial charge in [0.05, 0.1) is 5.69 Å². The summed E-state index contributed by atoms with van der Waals surface area (Å²) in [7, 11) is 0. The van der Waals surface area contributed by atoms with Gasteiger partial charge in [-0.15, -0.1) is 0 Å². The van der Waals surface area contributed by atoms with Crippen LogP contribution in [-0.4, -0.2) is 22.2 Å². The summed E-state index contributed by atoms with van der Waals surface area (Å²) in [6.07, 6.45) is 3.46. The summed E-state index contributed by atoms with van der Waals surface area (Å²) in [6.45, 7) is 7.69. The molecule has 0 unspecified atom stereocenters. The number of hydrogen-bond donors (Lipinski definition) is 1. The Bertz CT molecular complexity index is 717. The van der Waals surface area contributed by atoms with Gasteiger partial charge >= 0.3 is 0 Å². The standard InChI is InChI=1S/C19H25N3O/c1-13(12-22-15(3)9-14(2)21-22)11-20-19(23)18-8-7-16-5-4-6-17(16)10-18/h7-10,13H,4-6,11-12H2,1-3H3,(H,20,23)/t13-/m1/s1. The summed E-state index contributed by atoms with van der Waals surface area (Å²) >= 11 is 0. The van der Waals surface area contributed by atoms with Gasteiger partial charge in [0, 0.05) is 24.3 Å². The Morgan fingerprint density at radius 3 is 2.78 bits per heavy atom. The molecule has 23 heavy (non-hydrogen) atoms. The minimum Gasteiger partial charge on any atom is -0.352 e. The van der Waals surface area contributed by atoms with E-state index in [1.165, 1.54) is 23.2 Å². The predicted molar refractivity (Wildman–Crippen MR) is 91.7 cm³/mol. The van der Waals surface area contributed by atoms with Crippen molar-refractivity contribution in [3.8, 4) is 0 Å². The van der Waals surface area contributed by atoms with E-state index >= 15 is 0 Å². The molecule has 1 aromatic heterocycles. The number of aromatic nitrogens is 2. The van der Waals surface area contributed by atoms with Crippen LogP contribution in [0.5, 0.6) is 0 Å². The fourth-order valence-electron chi connectivity index (χ4n) is 3.30. The average Bonchev–Trinajstić information content (AvgIpc) is 3.10. The lowest BCUT2D eigenvalue weighted by Gasteiger charge is -2.14. The van der Waals surface area contributed by atoms with Crippen LogP contribution in [0.25, 0.3) is 0 Å². The second-order valence-electron chi connectivity index (χ2n) is 6.76. The molecular weight excluding hydrogens is 286 g/mol. The van der Waals surface area contributed by atoms with E-state index in [9.17, 15) is 4.79 Å². The van der Waals surface area contributed by atoms with E-state index in [2.05, 4.69) is 42.5 Å². The topological polar surface area (TPSA) is 46.9 Å². The molecule has 0 saturated carbocycles. The number of nitrogens with one attached hydrogen (secondary N) is 1. The van der Waals surface area contributed by atoms with Gasteiger partial charge in [-0.05, 0) is 68.4 Å². The van der Waals surface area contributed by atoms with Crippen LogP contribution in [-0.2, 0) is 19.4 Å². The lowest BCUT2D eigenvalue weighted by molar-refractivity contribution is 0.0946. The monoisotopic (exact) mass is 311 g/mol. The van der Waals surface area contributed by atoms with E-state index in [1.807, 2.05) is 17.7 Å². The number of rotatable bonds is 5. The van der Waals surface area contributed by atoms with Gasteiger partial charge in [-0.25, -0.2) is 0 Å². The van der Waals surface area contributed by atoms with Crippen molar-refractivity contribution in [3.63, 3.8) is 0 Å². The van der Waals surface area contributed by atoms with Crippen molar-refractivity contribution in [2.45, 2.75) is 46.6 Å². The highest BCUT2D eigenvalue weighted by Gasteiger charge is 2.14. The van der Waals surface area contributed by atoms with Crippen molar-refractivity contribution in [1.29, 1.82) is 0 Å². The second-order valence-corrected chi connectivity index (χ2v) is 6.76. The van der Waals surface area contributed by atoms with Crippen LogP contribution in [0.4, 0.5) is 0 Å². The van der Waals surface area contributed by atoms with Crippen molar-refractivity contribution in [2.24, 2.45) is 5.92 Å². The first-order valence-electron chi connectivity index (χ1n) is 8.44. The first-order valence-corrected chi connectivity index (χ1v) is 8.44. The maximum Gasteiger partial charge on any atom is 0.251 e. The Morgan fingerprint density at radius 1 is 1.26 bits per heavy atom. The minimum absolute atomic E-state index is 0.0277. The minimum atomic E-state index is 0.0277. The molecule has 1 amide bonds. The summed E-state index contributed by atoms with van der Waals surface area (Å²) in [6, 6.07) is 8.20. The van der Waals surface area contributed by atoms with Crippen LogP contribution in [0.15, 0.2) is 24.3 Å². The van der Waals surface area contributed by atoms with Crippen molar-refractivity contribution >= 4 is 5.91 Å². The smallest absolute Gasteiger partial charge is 0.251 e. The van der Waals surface area contributed by atoms with E-state index < -0.39 is 0 Å². The molecule has 0 saturated heterocycles. The molecular formula is C19H25N3O. The van der Waals surface area contributed by atoms with Crippen LogP contribution in [0.1, 0.15) is 46.2 Å².